The molecule has 6 heteroatoms. The summed E-state index contributed by atoms with van der Waals surface area (Å²) in [4.78, 5) is 14.7. The molecule has 3 N–H and O–H groups in total. The average molecular weight is 379 g/mol. The number of benzene rings is 2. The van der Waals surface area contributed by atoms with Crippen molar-refractivity contribution >= 4 is 28.4 Å². The number of nitriles is 1. The fraction of sp³-hybridized carbons (Fsp3) is 0.364. The van der Waals surface area contributed by atoms with Crippen LogP contribution in [0.25, 0.3) is 16.8 Å². The van der Waals surface area contributed by atoms with Crippen molar-refractivity contribution in [2.75, 3.05) is 24.6 Å². The van der Waals surface area contributed by atoms with E-state index in [2.05, 4.69) is 29.3 Å². The zero-order valence-corrected chi connectivity index (χ0v) is 15.9. The Kier molecular flexibility index (Phi) is 6.30. The molecule has 28 heavy (non-hydrogen) atoms. The fourth-order valence-corrected chi connectivity index (χ4v) is 3.65. The van der Waals surface area contributed by atoms with Gasteiger partial charge in [-0.05, 0) is 36.8 Å². The Morgan fingerprint density at radius 3 is 2.86 bits per heavy atom. The molecular formula is C22H25N3O3. The Morgan fingerprint density at radius 2 is 2.18 bits per heavy atom. The average Bonchev–Trinajstić information content (AvgIpc) is 3.14. The topological polar surface area (TPSA) is 96.6 Å². The van der Waals surface area contributed by atoms with Gasteiger partial charge < -0.3 is 20.4 Å². The molecule has 0 radical (unpaired) electrons. The predicted molar refractivity (Wildman–Crippen MR) is 110 cm³/mol. The summed E-state index contributed by atoms with van der Waals surface area (Å²) in [6.45, 7) is 2.57. The van der Waals surface area contributed by atoms with Crippen molar-refractivity contribution < 1.29 is 15.0 Å². The molecule has 2 unspecified atom stereocenters. The largest absolute Gasteiger partial charge is 0.394 e. The number of carbonyl (C=O) groups excluding carboxylic acids is 1. The molecule has 1 saturated heterocycles. The van der Waals surface area contributed by atoms with E-state index < -0.39 is 18.6 Å². The van der Waals surface area contributed by atoms with Crippen molar-refractivity contribution in [2.24, 2.45) is 0 Å². The highest BCUT2D eigenvalue weighted by Crippen LogP contribution is 2.36. The van der Waals surface area contributed by atoms with Crippen molar-refractivity contribution in [1.29, 1.82) is 5.26 Å². The number of hydrogen-bond donors (Lipinski definition) is 3. The molecule has 2 aromatic rings. The van der Waals surface area contributed by atoms with Gasteiger partial charge in [0.25, 0.3) is 5.91 Å². The van der Waals surface area contributed by atoms with Crippen LogP contribution in [0.15, 0.2) is 42.0 Å². The summed E-state index contributed by atoms with van der Waals surface area (Å²) in [5.74, 6) is -0.566. The van der Waals surface area contributed by atoms with E-state index in [4.69, 9.17) is 5.11 Å². The molecule has 0 saturated carbocycles. The Bertz CT molecular complexity index is 932. The number of fused-ring (bicyclic) bond motifs is 1. The van der Waals surface area contributed by atoms with Gasteiger partial charge in [-0.15, -0.1) is 0 Å². The molecule has 6 nitrogen and oxygen atoms in total. The van der Waals surface area contributed by atoms with E-state index in [9.17, 15) is 15.2 Å². The minimum atomic E-state index is -1.05. The number of rotatable bonds is 6. The van der Waals surface area contributed by atoms with Crippen LogP contribution in [0, 0.1) is 11.3 Å². The second-order valence-electron chi connectivity index (χ2n) is 7.13. The molecule has 1 fully saturated rings. The molecule has 1 heterocycles. The van der Waals surface area contributed by atoms with E-state index in [1.54, 1.807) is 6.08 Å². The summed E-state index contributed by atoms with van der Waals surface area (Å²) in [6.07, 6.45) is 2.77. The molecule has 0 spiro atoms. The molecule has 0 bridgehead atoms. The van der Waals surface area contributed by atoms with Crippen LogP contribution in [-0.2, 0) is 4.79 Å². The third kappa shape index (κ3) is 4.16. The van der Waals surface area contributed by atoms with Crippen LogP contribution < -0.4 is 10.2 Å². The Morgan fingerprint density at radius 1 is 1.39 bits per heavy atom. The first-order valence-corrected chi connectivity index (χ1v) is 9.52. The molecule has 1 amide bonds. The van der Waals surface area contributed by atoms with Crippen LogP contribution in [0.1, 0.15) is 25.3 Å². The lowest BCUT2D eigenvalue weighted by molar-refractivity contribution is -0.117. The minimum Gasteiger partial charge on any atom is -0.394 e. The highest BCUT2D eigenvalue weighted by atomic mass is 16.3. The SMILES string of the molecule is CC1CCCN1c1c(/C=C(\C#N)C(=O)NCC(O)CO)ccc2ccccc12. The number of amides is 1. The molecule has 3 rings (SSSR count). The van der Waals surface area contributed by atoms with Crippen LogP contribution in [0.3, 0.4) is 0 Å². The molecule has 146 valence electrons. The second-order valence-corrected chi connectivity index (χ2v) is 7.13. The lowest BCUT2D eigenvalue weighted by atomic mass is 10.0. The monoisotopic (exact) mass is 379 g/mol. The van der Waals surface area contributed by atoms with Crippen molar-refractivity contribution in [1.82, 2.24) is 5.32 Å². The van der Waals surface area contributed by atoms with Gasteiger partial charge in [0.15, 0.2) is 0 Å². The van der Waals surface area contributed by atoms with Crippen LogP contribution >= 0.6 is 0 Å². The van der Waals surface area contributed by atoms with Crippen molar-refractivity contribution in [3.05, 3.63) is 47.5 Å². The molecular weight excluding hydrogens is 354 g/mol. The number of nitrogens with zero attached hydrogens (tertiary/aromatic N) is 2. The quantitative estimate of drug-likeness (QED) is 0.528. The van der Waals surface area contributed by atoms with Crippen molar-refractivity contribution in [3.63, 3.8) is 0 Å². The Labute approximate surface area is 164 Å². The van der Waals surface area contributed by atoms with Crippen LogP contribution in [-0.4, -0.2) is 48.0 Å². The van der Waals surface area contributed by atoms with E-state index in [0.29, 0.717) is 6.04 Å². The number of aliphatic hydroxyl groups excluding tert-OH is 2. The highest BCUT2D eigenvalue weighted by Gasteiger charge is 2.24. The van der Waals surface area contributed by atoms with Gasteiger partial charge in [-0.25, -0.2) is 0 Å². The lowest BCUT2D eigenvalue weighted by Crippen LogP contribution is -2.34. The van der Waals surface area contributed by atoms with Gasteiger partial charge in [-0.1, -0.05) is 36.4 Å². The smallest absolute Gasteiger partial charge is 0.262 e. The maximum Gasteiger partial charge on any atom is 0.262 e. The maximum atomic E-state index is 12.4. The van der Waals surface area contributed by atoms with Gasteiger partial charge in [0, 0.05) is 24.5 Å². The normalized spacial score (nSPS) is 18.1. The zero-order chi connectivity index (χ0) is 20.1. The van der Waals surface area contributed by atoms with Gasteiger partial charge >= 0.3 is 0 Å². The molecule has 2 atom stereocenters. The van der Waals surface area contributed by atoms with E-state index in [-0.39, 0.29) is 12.1 Å². The number of anilines is 1. The standard InChI is InChI=1S/C22H25N3O3/c1-15-5-4-10-25(15)21-17(9-8-16-6-2-3-7-20(16)21)11-18(12-23)22(28)24-13-19(27)14-26/h2-3,6-9,11,15,19,26-27H,4-5,10,13-14H2,1H3,(H,24,28)/b18-11+. The van der Waals surface area contributed by atoms with E-state index in [1.165, 1.54) is 0 Å². The molecule has 0 aromatic heterocycles. The van der Waals surface area contributed by atoms with Gasteiger partial charge in [0.05, 0.1) is 18.4 Å². The number of carbonyl (C=O) groups is 1. The fourth-order valence-electron chi connectivity index (χ4n) is 3.65. The first-order valence-electron chi connectivity index (χ1n) is 9.52. The second kappa shape index (κ2) is 8.87. The van der Waals surface area contributed by atoms with Crippen LogP contribution in [0.2, 0.25) is 0 Å². The summed E-state index contributed by atoms with van der Waals surface area (Å²) >= 11 is 0. The minimum absolute atomic E-state index is 0.0338. The number of hydrogen-bond acceptors (Lipinski definition) is 5. The molecule has 0 aliphatic carbocycles. The van der Waals surface area contributed by atoms with Gasteiger partial charge in [0.1, 0.15) is 11.6 Å². The summed E-state index contributed by atoms with van der Waals surface area (Å²) in [6, 6.07) is 14.4. The zero-order valence-electron chi connectivity index (χ0n) is 15.9. The summed E-state index contributed by atoms with van der Waals surface area (Å²) in [5, 5.41) is 32.5. The number of aliphatic hydroxyl groups is 2. The maximum absolute atomic E-state index is 12.4. The summed E-state index contributed by atoms with van der Waals surface area (Å²) in [5.41, 5.74) is 1.83. The predicted octanol–water partition coefficient (Wildman–Crippen LogP) is 2.20. The van der Waals surface area contributed by atoms with Crippen molar-refractivity contribution in [3.8, 4) is 6.07 Å². The van der Waals surface area contributed by atoms with Gasteiger partial charge in [0.2, 0.25) is 0 Å². The Balaban J connectivity index is 2.03. The van der Waals surface area contributed by atoms with Crippen molar-refractivity contribution in [2.45, 2.75) is 31.9 Å². The third-order valence-corrected chi connectivity index (χ3v) is 5.15. The molecule has 2 aromatic carbocycles. The Hall–Kier alpha value is -2.88. The first kappa shape index (κ1) is 19.9. The van der Waals surface area contributed by atoms with E-state index in [0.717, 1.165) is 41.4 Å². The molecule has 1 aliphatic heterocycles. The van der Waals surface area contributed by atoms with Gasteiger partial charge in [-0.3, -0.25) is 4.79 Å². The van der Waals surface area contributed by atoms with Crippen LogP contribution in [0.4, 0.5) is 5.69 Å². The highest BCUT2D eigenvalue weighted by molar-refractivity contribution is 6.05. The van der Waals surface area contributed by atoms with Crippen LogP contribution in [0.5, 0.6) is 0 Å². The summed E-state index contributed by atoms with van der Waals surface area (Å²) in [7, 11) is 0. The van der Waals surface area contributed by atoms with E-state index >= 15 is 0 Å². The summed E-state index contributed by atoms with van der Waals surface area (Å²) < 4.78 is 0. The third-order valence-electron chi connectivity index (χ3n) is 5.15. The van der Waals surface area contributed by atoms with Gasteiger partial charge in [-0.2, -0.15) is 5.26 Å². The lowest BCUT2D eigenvalue weighted by Gasteiger charge is -2.27. The first-order chi connectivity index (χ1) is 13.5. The molecule has 1 aliphatic rings. The van der Waals surface area contributed by atoms with E-state index in [1.807, 2.05) is 30.3 Å². The number of nitrogens with one attached hydrogen (secondary N) is 1.